The molecular formula is C12H22N3O3PS. The molecule has 1 aromatic rings. The van der Waals surface area contributed by atoms with Crippen molar-refractivity contribution >= 4 is 24.5 Å². The molecule has 0 aliphatic heterocycles. The van der Waals surface area contributed by atoms with Crippen LogP contribution in [0.4, 0.5) is 5.95 Å². The molecule has 1 aromatic heterocycles. The molecule has 0 saturated heterocycles. The Morgan fingerprint density at radius 2 is 1.90 bits per heavy atom. The second-order valence-electron chi connectivity index (χ2n) is 3.96. The van der Waals surface area contributed by atoms with Gasteiger partial charge in [0.25, 0.3) is 0 Å². The standard InChI is InChI=1S/C12H22N3O3PS/c1-6-15(7-2)12-13-10(4)9-11(14-12)18-19(20,16-5)17-8-3/h9H,6-8H2,1-5H3. The van der Waals surface area contributed by atoms with Crippen LogP contribution in [0, 0.1) is 6.92 Å². The zero-order valence-electron chi connectivity index (χ0n) is 12.6. The van der Waals surface area contributed by atoms with Crippen molar-refractivity contribution in [3.63, 3.8) is 0 Å². The van der Waals surface area contributed by atoms with Crippen molar-refractivity contribution in [2.24, 2.45) is 0 Å². The highest BCUT2D eigenvalue weighted by molar-refractivity contribution is 8.07. The van der Waals surface area contributed by atoms with Crippen LogP contribution in [0.25, 0.3) is 0 Å². The topological polar surface area (TPSA) is 56.7 Å². The number of nitrogens with zero attached hydrogens (tertiary/aromatic N) is 3. The maximum Gasteiger partial charge on any atom is 0.381 e. The van der Waals surface area contributed by atoms with Gasteiger partial charge in [-0.1, -0.05) is 0 Å². The van der Waals surface area contributed by atoms with E-state index in [1.54, 1.807) is 6.07 Å². The van der Waals surface area contributed by atoms with Crippen molar-refractivity contribution in [2.45, 2.75) is 27.7 Å². The number of aromatic nitrogens is 2. The van der Waals surface area contributed by atoms with Crippen LogP contribution < -0.4 is 9.42 Å². The minimum Gasteiger partial charge on any atom is -0.405 e. The van der Waals surface area contributed by atoms with Crippen molar-refractivity contribution < 1.29 is 13.6 Å². The van der Waals surface area contributed by atoms with Gasteiger partial charge in [0.2, 0.25) is 11.8 Å². The molecule has 0 bridgehead atoms. The molecule has 0 fully saturated rings. The first-order valence-electron chi connectivity index (χ1n) is 6.58. The van der Waals surface area contributed by atoms with Crippen LogP contribution in [0.1, 0.15) is 26.5 Å². The van der Waals surface area contributed by atoms with E-state index in [-0.39, 0.29) is 0 Å². The number of aryl methyl sites for hydroxylation is 1. The molecule has 20 heavy (non-hydrogen) atoms. The lowest BCUT2D eigenvalue weighted by atomic mass is 10.4. The van der Waals surface area contributed by atoms with Gasteiger partial charge < -0.3 is 13.9 Å². The molecule has 0 saturated carbocycles. The summed E-state index contributed by atoms with van der Waals surface area (Å²) in [5.41, 5.74) is 0.811. The summed E-state index contributed by atoms with van der Waals surface area (Å²) in [4.78, 5) is 10.8. The highest BCUT2D eigenvalue weighted by Gasteiger charge is 2.21. The molecule has 1 rings (SSSR count). The Balaban J connectivity index is 3.04. The van der Waals surface area contributed by atoms with E-state index in [0.717, 1.165) is 18.8 Å². The van der Waals surface area contributed by atoms with Crippen LogP contribution in [0.5, 0.6) is 5.88 Å². The fourth-order valence-corrected chi connectivity index (χ4v) is 3.02. The summed E-state index contributed by atoms with van der Waals surface area (Å²) < 4.78 is 16.2. The van der Waals surface area contributed by atoms with Crippen LogP contribution in [0.15, 0.2) is 6.07 Å². The van der Waals surface area contributed by atoms with Gasteiger partial charge >= 0.3 is 6.72 Å². The van der Waals surface area contributed by atoms with Gasteiger partial charge in [-0.15, -0.1) is 0 Å². The van der Waals surface area contributed by atoms with Gasteiger partial charge in [-0.25, -0.2) is 4.98 Å². The largest absolute Gasteiger partial charge is 0.405 e. The number of anilines is 1. The smallest absolute Gasteiger partial charge is 0.381 e. The summed E-state index contributed by atoms with van der Waals surface area (Å²) in [6, 6.07) is 1.73. The van der Waals surface area contributed by atoms with Crippen LogP contribution in [-0.2, 0) is 20.9 Å². The monoisotopic (exact) mass is 319 g/mol. The van der Waals surface area contributed by atoms with Crippen LogP contribution >= 0.6 is 6.72 Å². The first-order chi connectivity index (χ1) is 9.47. The Labute approximate surface area is 125 Å². The molecule has 114 valence electrons. The molecule has 1 unspecified atom stereocenters. The average Bonchev–Trinajstić information content (AvgIpc) is 2.39. The first kappa shape index (κ1) is 17.3. The second kappa shape index (κ2) is 7.88. The number of rotatable bonds is 8. The van der Waals surface area contributed by atoms with E-state index in [0.29, 0.717) is 18.4 Å². The molecule has 0 N–H and O–H groups in total. The van der Waals surface area contributed by atoms with Gasteiger partial charge in [-0.2, -0.15) is 4.98 Å². The predicted octanol–water partition coefficient (Wildman–Crippen LogP) is 2.92. The molecule has 1 atom stereocenters. The van der Waals surface area contributed by atoms with E-state index in [2.05, 4.69) is 23.8 Å². The molecular weight excluding hydrogens is 297 g/mol. The van der Waals surface area contributed by atoms with E-state index >= 15 is 0 Å². The normalized spacial score (nSPS) is 13.8. The maximum atomic E-state index is 5.66. The van der Waals surface area contributed by atoms with Gasteiger partial charge in [0.1, 0.15) is 0 Å². The Hall–Kier alpha value is -0.750. The summed E-state index contributed by atoms with van der Waals surface area (Å²) in [7, 11) is 1.48. The summed E-state index contributed by atoms with van der Waals surface area (Å²) in [5, 5.41) is 0. The lowest BCUT2D eigenvalue weighted by Gasteiger charge is -2.22. The minimum atomic E-state index is -2.78. The third kappa shape index (κ3) is 4.66. The zero-order chi connectivity index (χ0) is 15.2. The van der Waals surface area contributed by atoms with Crippen LogP contribution in [0.3, 0.4) is 0 Å². The van der Waals surface area contributed by atoms with Gasteiger partial charge in [-0.3, -0.25) is 4.52 Å². The average molecular weight is 319 g/mol. The molecule has 0 aliphatic carbocycles. The molecule has 0 aliphatic rings. The molecule has 0 aromatic carbocycles. The molecule has 6 nitrogen and oxygen atoms in total. The molecule has 0 amide bonds. The van der Waals surface area contributed by atoms with Crippen molar-refractivity contribution in [1.82, 2.24) is 9.97 Å². The van der Waals surface area contributed by atoms with Crippen LogP contribution in [0.2, 0.25) is 0 Å². The predicted molar refractivity (Wildman–Crippen MR) is 83.9 cm³/mol. The van der Waals surface area contributed by atoms with Gasteiger partial charge in [-0.05, 0) is 27.7 Å². The summed E-state index contributed by atoms with van der Waals surface area (Å²) in [6.07, 6.45) is 0. The van der Waals surface area contributed by atoms with Crippen molar-refractivity contribution in [1.29, 1.82) is 0 Å². The fraction of sp³-hybridized carbons (Fsp3) is 0.667. The highest BCUT2D eigenvalue weighted by atomic mass is 32.5. The minimum absolute atomic E-state index is 0.387. The number of hydrogen-bond acceptors (Lipinski definition) is 7. The van der Waals surface area contributed by atoms with E-state index in [4.69, 9.17) is 25.4 Å². The lowest BCUT2D eigenvalue weighted by molar-refractivity contribution is 0.239. The van der Waals surface area contributed by atoms with Gasteiger partial charge in [0.05, 0.1) is 6.61 Å². The molecule has 8 heteroatoms. The summed E-state index contributed by atoms with van der Waals surface area (Å²) in [5.74, 6) is 1.01. The van der Waals surface area contributed by atoms with Crippen molar-refractivity contribution in [3.05, 3.63) is 11.8 Å². The molecule has 1 heterocycles. The van der Waals surface area contributed by atoms with Gasteiger partial charge in [0, 0.05) is 43.8 Å². The summed E-state index contributed by atoms with van der Waals surface area (Å²) in [6.45, 7) is 7.12. The lowest BCUT2D eigenvalue weighted by Crippen LogP contribution is -2.24. The molecule has 0 radical (unpaired) electrons. The van der Waals surface area contributed by atoms with E-state index in [9.17, 15) is 0 Å². The highest BCUT2D eigenvalue weighted by Crippen LogP contribution is 2.48. The van der Waals surface area contributed by atoms with Crippen LogP contribution in [-0.4, -0.2) is 36.8 Å². The Morgan fingerprint density at radius 1 is 1.25 bits per heavy atom. The quantitative estimate of drug-likeness (QED) is 0.683. The molecule has 0 spiro atoms. The summed E-state index contributed by atoms with van der Waals surface area (Å²) >= 11 is 5.26. The third-order valence-corrected chi connectivity index (χ3v) is 5.00. The Bertz CT molecular complexity index is 483. The second-order valence-corrected chi connectivity index (χ2v) is 7.00. The van der Waals surface area contributed by atoms with E-state index in [1.165, 1.54) is 7.11 Å². The Kier molecular flexibility index (Phi) is 6.82. The SMILES string of the molecule is CCOP(=S)(OC)Oc1cc(C)nc(N(CC)CC)n1. The van der Waals surface area contributed by atoms with E-state index < -0.39 is 6.72 Å². The fourth-order valence-electron chi connectivity index (χ4n) is 1.61. The third-order valence-electron chi connectivity index (χ3n) is 2.58. The van der Waals surface area contributed by atoms with E-state index in [1.807, 2.05) is 18.7 Å². The van der Waals surface area contributed by atoms with Crippen molar-refractivity contribution in [3.8, 4) is 5.88 Å². The Morgan fingerprint density at radius 3 is 2.40 bits per heavy atom. The number of hydrogen-bond donors (Lipinski definition) is 0. The van der Waals surface area contributed by atoms with Crippen molar-refractivity contribution in [2.75, 3.05) is 31.7 Å². The maximum absolute atomic E-state index is 5.66. The van der Waals surface area contributed by atoms with Gasteiger partial charge in [0.15, 0.2) is 0 Å². The first-order valence-corrected chi connectivity index (χ1v) is 9.14. The zero-order valence-corrected chi connectivity index (χ0v) is 14.3.